The Hall–Kier alpha value is -3.99. The van der Waals surface area contributed by atoms with Crippen LogP contribution in [0.25, 0.3) is 11.3 Å². The van der Waals surface area contributed by atoms with Crippen molar-refractivity contribution in [1.29, 1.82) is 0 Å². The van der Waals surface area contributed by atoms with Crippen LogP contribution in [0, 0.1) is 13.8 Å². The molecule has 4 aromatic rings. The minimum atomic E-state index is -0.420. The van der Waals surface area contributed by atoms with Crippen molar-refractivity contribution in [1.82, 2.24) is 9.55 Å². The topological polar surface area (TPSA) is 64.0 Å². The fourth-order valence-corrected chi connectivity index (χ4v) is 3.67. The van der Waals surface area contributed by atoms with Gasteiger partial charge in [-0.1, -0.05) is 42.0 Å². The second kappa shape index (κ2) is 8.79. The van der Waals surface area contributed by atoms with E-state index in [0.717, 1.165) is 22.4 Å². The number of aryl methyl sites for hydroxylation is 2. The van der Waals surface area contributed by atoms with Crippen molar-refractivity contribution in [3.8, 4) is 11.3 Å². The van der Waals surface area contributed by atoms with E-state index in [9.17, 15) is 9.59 Å². The first-order chi connectivity index (χ1) is 15.0. The predicted octanol–water partition coefficient (Wildman–Crippen LogP) is 4.83. The Balaban J connectivity index is 1.92. The minimum absolute atomic E-state index is 0.133. The first-order valence-electron chi connectivity index (χ1n) is 10.1. The van der Waals surface area contributed by atoms with Crippen LogP contribution in [-0.2, 0) is 6.54 Å². The van der Waals surface area contributed by atoms with Gasteiger partial charge in [0, 0.05) is 36.4 Å². The van der Waals surface area contributed by atoms with Crippen LogP contribution >= 0.6 is 0 Å². The third kappa shape index (κ3) is 4.46. The molecular formula is C26H23N3O2. The quantitative estimate of drug-likeness (QED) is 0.514. The minimum Gasteiger partial charge on any atom is -0.340 e. The molecule has 0 aliphatic heterocycles. The molecular weight excluding hydrogens is 386 g/mol. The first-order valence-corrected chi connectivity index (χ1v) is 10.1. The molecule has 0 saturated heterocycles. The number of anilines is 1. The van der Waals surface area contributed by atoms with Crippen LogP contribution in [0.4, 0.5) is 5.69 Å². The highest BCUT2D eigenvalue weighted by Crippen LogP contribution is 2.26. The summed E-state index contributed by atoms with van der Waals surface area (Å²) >= 11 is 0. The molecule has 1 N–H and O–H groups in total. The monoisotopic (exact) mass is 409 g/mol. The Labute approximate surface area is 181 Å². The SMILES string of the molecule is Cc1cccc(-c2c(C(=O)Nc3ccccc3)c(=O)cc(C)n2Cc2ccncc2)c1. The van der Waals surface area contributed by atoms with E-state index in [1.807, 2.05) is 73.0 Å². The number of aromatic nitrogens is 2. The molecule has 0 radical (unpaired) electrons. The van der Waals surface area contributed by atoms with Crippen LogP contribution in [0.5, 0.6) is 0 Å². The fourth-order valence-electron chi connectivity index (χ4n) is 3.67. The van der Waals surface area contributed by atoms with Gasteiger partial charge in [0.25, 0.3) is 5.91 Å². The highest BCUT2D eigenvalue weighted by atomic mass is 16.2. The Morgan fingerprint density at radius 3 is 2.39 bits per heavy atom. The van der Waals surface area contributed by atoms with Gasteiger partial charge in [0.1, 0.15) is 5.56 Å². The molecule has 0 aliphatic rings. The maximum atomic E-state index is 13.3. The second-order valence-electron chi connectivity index (χ2n) is 7.50. The van der Waals surface area contributed by atoms with Crippen LogP contribution in [0.15, 0.2) is 90.0 Å². The number of carbonyl (C=O) groups is 1. The van der Waals surface area contributed by atoms with Gasteiger partial charge in [-0.25, -0.2) is 0 Å². The van der Waals surface area contributed by atoms with Crippen molar-refractivity contribution in [3.63, 3.8) is 0 Å². The molecule has 0 saturated carbocycles. The van der Waals surface area contributed by atoms with Gasteiger partial charge in [0.15, 0.2) is 5.43 Å². The van der Waals surface area contributed by atoms with E-state index in [1.165, 1.54) is 6.07 Å². The number of rotatable bonds is 5. The van der Waals surface area contributed by atoms with Gasteiger partial charge in [0.05, 0.1) is 5.69 Å². The number of hydrogen-bond donors (Lipinski definition) is 1. The number of para-hydroxylation sites is 1. The fraction of sp³-hybridized carbons (Fsp3) is 0.115. The van der Waals surface area contributed by atoms with Gasteiger partial charge in [-0.05, 0) is 55.3 Å². The number of benzene rings is 2. The van der Waals surface area contributed by atoms with E-state index >= 15 is 0 Å². The van der Waals surface area contributed by atoms with Crippen molar-refractivity contribution in [2.45, 2.75) is 20.4 Å². The molecule has 0 atom stereocenters. The number of pyridine rings is 2. The smallest absolute Gasteiger partial charge is 0.261 e. The molecule has 0 spiro atoms. The lowest BCUT2D eigenvalue weighted by atomic mass is 10.0. The molecule has 0 bridgehead atoms. The summed E-state index contributed by atoms with van der Waals surface area (Å²) < 4.78 is 2.02. The molecule has 0 aliphatic carbocycles. The number of nitrogens with zero attached hydrogens (tertiary/aromatic N) is 2. The Morgan fingerprint density at radius 1 is 0.935 bits per heavy atom. The molecule has 2 heterocycles. The highest BCUT2D eigenvalue weighted by Gasteiger charge is 2.22. The third-order valence-corrected chi connectivity index (χ3v) is 5.16. The largest absolute Gasteiger partial charge is 0.340 e. The van der Waals surface area contributed by atoms with E-state index in [-0.39, 0.29) is 11.0 Å². The summed E-state index contributed by atoms with van der Waals surface area (Å²) in [6, 6.07) is 22.4. The zero-order valence-electron chi connectivity index (χ0n) is 17.5. The standard InChI is InChI=1S/C26H23N3O2/c1-18-7-6-8-21(15-18)25-24(26(31)28-22-9-4-3-5-10-22)23(30)16-19(2)29(25)17-20-11-13-27-14-12-20/h3-16H,17H2,1-2H3,(H,28,31). The van der Waals surface area contributed by atoms with Crippen LogP contribution in [0.2, 0.25) is 0 Å². The molecule has 1 amide bonds. The van der Waals surface area contributed by atoms with E-state index in [2.05, 4.69) is 10.3 Å². The van der Waals surface area contributed by atoms with Crippen molar-refractivity contribution in [2.75, 3.05) is 5.32 Å². The molecule has 31 heavy (non-hydrogen) atoms. The van der Waals surface area contributed by atoms with Gasteiger partial charge in [-0.3, -0.25) is 14.6 Å². The summed E-state index contributed by atoms with van der Waals surface area (Å²) in [6.07, 6.45) is 3.48. The van der Waals surface area contributed by atoms with Crippen molar-refractivity contribution in [2.24, 2.45) is 0 Å². The van der Waals surface area contributed by atoms with E-state index in [0.29, 0.717) is 17.9 Å². The highest BCUT2D eigenvalue weighted by molar-refractivity contribution is 6.08. The molecule has 154 valence electrons. The average molecular weight is 409 g/mol. The first kappa shape index (κ1) is 20.3. The second-order valence-corrected chi connectivity index (χ2v) is 7.50. The van der Waals surface area contributed by atoms with Crippen molar-refractivity contribution < 1.29 is 4.79 Å². The zero-order valence-corrected chi connectivity index (χ0v) is 17.5. The average Bonchev–Trinajstić information content (AvgIpc) is 2.76. The number of amides is 1. The zero-order chi connectivity index (χ0) is 21.8. The summed E-state index contributed by atoms with van der Waals surface area (Å²) in [5.74, 6) is -0.420. The molecule has 5 nitrogen and oxygen atoms in total. The normalized spacial score (nSPS) is 10.6. The summed E-state index contributed by atoms with van der Waals surface area (Å²) in [5.41, 5.74) is 4.79. The van der Waals surface area contributed by atoms with Crippen molar-refractivity contribution in [3.05, 3.63) is 118 Å². The Bertz CT molecular complexity index is 1280. The van der Waals surface area contributed by atoms with Crippen LogP contribution in [0.3, 0.4) is 0 Å². The predicted molar refractivity (Wildman–Crippen MR) is 123 cm³/mol. The molecule has 0 unspecified atom stereocenters. The maximum Gasteiger partial charge on any atom is 0.261 e. The van der Waals surface area contributed by atoms with Crippen LogP contribution in [0.1, 0.15) is 27.2 Å². The van der Waals surface area contributed by atoms with Gasteiger partial charge in [0.2, 0.25) is 0 Å². The van der Waals surface area contributed by atoms with Gasteiger partial charge >= 0.3 is 0 Å². The summed E-state index contributed by atoms with van der Waals surface area (Å²) in [7, 11) is 0. The molecule has 0 fully saturated rings. The number of hydrogen-bond acceptors (Lipinski definition) is 3. The summed E-state index contributed by atoms with van der Waals surface area (Å²) in [4.78, 5) is 30.5. The summed E-state index contributed by atoms with van der Waals surface area (Å²) in [6.45, 7) is 4.40. The van der Waals surface area contributed by atoms with Gasteiger partial charge < -0.3 is 9.88 Å². The van der Waals surface area contributed by atoms with E-state index in [4.69, 9.17) is 0 Å². The summed E-state index contributed by atoms with van der Waals surface area (Å²) in [5, 5.41) is 2.87. The molecule has 2 aromatic heterocycles. The molecule has 5 heteroatoms. The van der Waals surface area contributed by atoms with Gasteiger partial charge in [-0.15, -0.1) is 0 Å². The Kier molecular flexibility index (Phi) is 5.76. The molecule has 4 rings (SSSR count). The van der Waals surface area contributed by atoms with Crippen LogP contribution in [-0.4, -0.2) is 15.5 Å². The lowest BCUT2D eigenvalue weighted by Gasteiger charge is -2.21. The van der Waals surface area contributed by atoms with E-state index in [1.54, 1.807) is 24.5 Å². The van der Waals surface area contributed by atoms with E-state index < -0.39 is 5.91 Å². The Morgan fingerprint density at radius 2 is 1.68 bits per heavy atom. The lowest BCUT2D eigenvalue weighted by Crippen LogP contribution is -2.27. The molecule has 2 aromatic carbocycles. The van der Waals surface area contributed by atoms with Crippen molar-refractivity contribution >= 4 is 11.6 Å². The maximum absolute atomic E-state index is 13.3. The van der Waals surface area contributed by atoms with Gasteiger partial charge in [-0.2, -0.15) is 0 Å². The lowest BCUT2D eigenvalue weighted by molar-refractivity contribution is 0.102. The number of carbonyl (C=O) groups excluding carboxylic acids is 1. The number of nitrogens with one attached hydrogen (secondary N) is 1. The third-order valence-electron chi connectivity index (χ3n) is 5.16. The van der Waals surface area contributed by atoms with Crippen LogP contribution < -0.4 is 10.7 Å².